The first kappa shape index (κ1) is 12.4. The van der Waals surface area contributed by atoms with Crippen LogP contribution in [0.3, 0.4) is 0 Å². The van der Waals surface area contributed by atoms with Crippen molar-refractivity contribution in [3.63, 3.8) is 0 Å². The van der Waals surface area contributed by atoms with E-state index in [1.54, 1.807) is 6.07 Å². The monoisotopic (exact) mass is 260 g/mol. The van der Waals surface area contributed by atoms with E-state index in [1.165, 1.54) is 25.3 Å². The summed E-state index contributed by atoms with van der Waals surface area (Å²) in [6.07, 6.45) is 0. The van der Waals surface area contributed by atoms with Crippen LogP contribution in [0.2, 0.25) is 0 Å². The molecule has 0 aliphatic heterocycles. The highest BCUT2D eigenvalue weighted by atomic mass is 16.5. The van der Waals surface area contributed by atoms with Gasteiger partial charge in [-0.15, -0.1) is 0 Å². The second-order valence-corrected chi connectivity index (χ2v) is 3.57. The minimum Gasteiger partial charge on any atom is -0.503 e. The van der Waals surface area contributed by atoms with Gasteiger partial charge >= 0.3 is 5.97 Å². The third kappa shape index (κ3) is 2.19. The zero-order valence-corrected chi connectivity index (χ0v) is 9.75. The summed E-state index contributed by atoms with van der Waals surface area (Å²) in [5.74, 6) is -1.26. The lowest BCUT2D eigenvalue weighted by Gasteiger charge is -2.06. The predicted octanol–water partition coefficient (Wildman–Crippen LogP) is 1.63. The molecule has 0 unspecified atom stereocenters. The average molecular weight is 260 g/mol. The van der Waals surface area contributed by atoms with Crippen molar-refractivity contribution in [2.45, 2.75) is 0 Å². The number of ether oxygens (including phenoxy) is 1. The van der Waals surface area contributed by atoms with Crippen LogP contribution in [0.1, 0.15) is 16.1 Å². The normalized spacial score (nSPS) is 9.89. The number of phenolic OH excluding ortho intramolecular Hbond substituents is 1. The maximum absolute atomic E-state index is 10.7. The van der Waals surface area contributed by atoms with E-state index in [1.807, 2.05) is 0 Å². The fraction of sp³-hybridized carbons (Fsp3) is 0.0833. The number of hydrogen-bond acceptors (Lipinski definition) is 6. The second kappa shape index (κ2) is 4.70. The Morgan fingerprint density at radius 2 is 2.21 bits per heavy atom. The van der Waals surface area contributed by atoms with E-state index in [0.29, 0.717) is 5.56 Å². The van der Waals surface area contributed by atoms with Crippen molar-refractivity contribution in [3.05, 3.63) is 29.5 Å². The van der Waals surface area contributed by atoms with E-state index in [0.717, 1.165) is 0 Å². The summed E-state index contributed by atoms with van der Waals surface area (Å²) in [7, 11) is 1.34. The highest BCUT2D eigenvalue weighted by Crippen LogP contribution is 2.35. The van der Waals surface area contributed by atoms with E-state index in [2.05, 4.69) is 5.16 Å². The van der Waals surface area contributed by atoms with E-state index >= 15 is 0 Å². The smallest absolute Gasteiger partial charge is 0.358 e. The largest absolute Gasteiger partial charge is 0.503 e. The molecule has 2 N–H and O–H groups in total. The molecule has 19 heavy (non-hydrogen) atoms. The van der Waals surface area contributed by atoms with Gasteiger partial charge in [0.25, 0.3) is 0 Å². The standard InChI is InChI=1S/C12H8N2O5/c1-18-10-3-6(2-7(5-13)11(10)15)9-4-8(12(16)17)14-19-9/h2-4,15H,1H3,(H,16,17). The molecule has 0 aliphatic carbocycles. The summed E-state index contributed by atoms with van der Waals surface area (Å²) in [5, 5.41) is 30.7. The number of nitriles is 1. The number of rotatable bonds is 3. The molecule has 0 fully saturated rings. The highest BCUT2D eigenvalue weighted by Gasteiger charge is 2.16. The number of methoxy groups -OCH3 is 1. The van der Waals surface area contributed by atoms with Crippen molar-refractivity contribution in [2.75, 3.05) is 7.11 Å². The van der Waals surface area contributed by atoms with Gasteiger partial charge in [0.2, 0.25) is 0 Å². The van der Waals surface area contributed by atoms with Gasteiger partial charge in [0, 0.05) is 11.6 Å². The van der Waals surface area contributed by atoms with Gasteiger partial charge in [-0.3, -0.25) is 0 Å². The van der Waals surface area contributed by atoms with Gasteiger partial charge in [-0.2, -0.15) is 5.26 Å². The molecule has 0 atom stereocenters. The van der Waals surface area contributed by atoms with Gasteiger partial charge in [-0.1, -0.05) is 5.16 Å². The Balaban J connectivity index is 2.56. The maximum Gasteiger partial charge on any atom is 0.358 e. The molecule has 7 heteroatoms. The number of aromatic nitrogens is 1. The van der Waals surface area contributed by atoms with Crippen LogP contribution in [0.15, 0.2) is 22.7 Å². The SMILES string of the molecule is COc1cc(-c2cc(C(=O)O)no2)cc(C#N)c1O. The Labute approximate surface area is 107 Å². The average Bonchev–Trinajstić information content (AvgIpc) is 2.89. The van der Waals surface area contributed by atoms with Gasteiger partial charge in [0.15, 0.2) is 23.0 Å². The zero-order valence-electron chi connectivity index (χ0n) is 9.75. The van der Waals surface area contributed by atoms with Gasteiger partial charge in [0.1, 0.15) is 6.07 Å². The van der Waals surface area contributed by atoms with Crippen molar-refractivity contribution in [1.29, 1.82) is 5.26 Å². The van der Waals surface area contributed by atoms with Crippen molar-refractivity contribution in [3.8, 4) is 28.9 Å². The molecule has 1 aromatic carbocycles. The number of carboxylic acids is 1. The molecule has 0 amide bonds. The van der Waals surface area contributed by atoms with Gasteiger partial charge in [-0.25, -0.2) is 4.79 Å². The Morgan fingerprint density at radius 1 is 1.47 bits per heavy atom. The summed E-state index contributed by atoms with van der Waals surface area (Å²) in [5.41, 5.74) is 0.120. The second-order valence-electron chi connectivity index (χ2n) is 3.57. The van der Waals surface area contributed by atoms with Crippen LogP contribution in [-0.4, -0.2) is 28.4 Å². The predicted molar refractivity (Wildman–Crippen MR) is 61.8 cm³/mol. The quantitative estimate of drug-likeness (QED) is 0.861. The van der Waals surface area contributed by atoms with E-state index in [4.69, 9.17) is 19.6 Å². The lowest BCUT2D eigenvalue weighted by Crippen LogP contribution is -1.94. The lowest BCUT2D eigenvalue weighted by atomic mass is 10.1. The summed E-state index contributed by atoms with van der Waals surface area (Å²) >= 11 is 0. The van der Waals surface area contributed by atoms with Crippen LogP contribution < -0.4 is 4.74 Å². The van der Waals surface area contributed by atoms with Crippen molar-refractivity contribution in [1.82, 2.24) is 5.16 Å². The Hall–Kier alpha value is -3.01. The molecule has 1 aromatic heterocycles. The summed E-state index contributed by atoms with van der Waals surface area (Å²) < 4.78 is 9.80. The number of hydrogen-bond donors (Lipinski definition) is 2. The van der Waals surface area contributed by atoms with Crippen LogP contribution in [0.5, 0.6) is 11.5 Å². The molecule has 96 valence electrons. The first-order chi connectivity index (χ1) is 9.06. The zero-order chi connectivity index (χ0) is 14.0. The molecule has 0 aliphatic rings. The van der Waals surface area contributed by atoms with Crippen molar-refractivity contribution < 1.29 is 24.3 Å². The van der Waals surface area contributed by atoms with Crippen molar-refractivity contribution in [2.24, 2.45) is 0 Å². The summed E-state index contributed by atoms with van der Waals surface area (Å²) in [6.45, 7) is 0. The molecule has 7 nitrogen and oxygen atoms in total. The fourth-order valence-electron chi connectivity index (χ4n) is 1.50. The van der Waals surface area contributed by atoms with E-state index in [-0.39, 0.29) is 28.5 Å². The van der Waals surface area contributed by atoms with Gasteiger partial charge in [0.05, 0.1) is 12.7 Å². The maximum atomic E-state index is 10.7. The molecule has 1 heterocycles. The third-order valence-electron chi connectivity index (χ3n) is 2.43. The molecule has 0 spiro atoms. The first-order valence-electron chi connectivity index (χ1n) is 5.08. The van der Waals surface area contributed by atoms with Crippen molar-refractivity contribution >= 4 is 5.97 Å². The molecule has 0 saturated carbocycles. The number of phenols is 1. The number of benzene rings is 1. The molecule has 0 radical (unpaired) electrons. The molecular formula is C12H8N2O5. The molecule has 2 rings (SSSR count). The summed E-state index contributed by atoms with van der Waals surface area (Å²) in [6, 6.07) is 5.79. The number of aromatic hydroxyl groups is 1. The third-order valence-corrected chi connectivity index (χ3v) is 2.43. The molecular weight excluding hydrogens is 252 g/mol. The van der Waals surface area contributed by atoms with Gasteiger partial charge < -0.3 is 19.5 Å². The molecule has 2 aromatic rings. The van der Waals surface area contributed by atoms with Crippen LogP contribution in [-0.2, 0) is 0 Å². The molecule has 0 bridgehead atoms. The minimum atomic E-state index is -1.22. The number of nitrogens with zero attached hydrogens (tertiary/aromatic N) is 2. The van der Waals surface area contributed by atoms with Crippen LogP contribution in [0, 0.1) is 11.3 Å². The Bertz CT molecular complexity index is 684. The number of carboxylic acid groups (broad SMARTS) is 1. The highest BCUT2D eigenvalue weighted by molar-refractivity contribution is 5.86. The van der Waals surface area contributed by atoms with Crippen LogP contribution >= 0.6 is 0 Å². The van der Waals surface area contributed by atoms with Crippen LogP contribution in [0.25, 0.3) is 11.3 Å². The van der Waals surface area contributed by atoms with E-state index in [9.17, 15) is 9.90 Å². The Kier molecular flexibility index (Phi) is 3.08. The fourth-order valence-corrected chi connectivity index (χ4v) is 1.50. The van der Waals surface area contributed by atoms with E-state index < -0.39 is 5.97 Å². The molecule has 0 saturated heterocycles. The minimum absolute atomic E-state index is 0.0115. The Morgan fingerprint density at radius 3 is 2.74 bits per heavy atom. The number of aromatic carboxylic acids is 1. The number of carbonyl (C=O) groups is 1. The first-order valence-corrected chi connectivity index (χ1v) is 5.08. The summed E-state index contributed by atoms with van der Waals surface area (Å²) in [4.78, 5) is 10.7. The van der Waals surface area contributed by atoms with Crippen LogP contribution in [0.4, 0.5) is 0 Å². The lowest BCUT2D eigenvalue weighted by molar-refractivity contribution is 0.0686. The topological polar surface area (TPSA) is 117 Å². The van der Waals surface area contributed by atoms with Gasteiger partial charge in [-0.05, 0) is 12.1 Å².